The number of carbonyl (C=O) groups is 2. The van der Waals surface area contributed by atoms with Crippen LogP contribution in [0.5, 0.6) is 0 Å². The molecule has 1 N–H and O–H groups in total. The maximum Gasteiger partial charge on any atom is 0.337 e. The first kappa shape index (κ1) is 17.1. The van der Waals surface area contributed by atoms with Gasteiger partial charge in [-0.1, -0.05) is 18.2 Å². The highest BCUT2D eigenvalue weighted by Gasteiger charge is 2.09. The summed E-state index contributed by atoms with van der Waals surface area (Å²) in [6, 6.07) is 14.4. The number of para-hydroxylation sites is 1. The molecule has 3 rings (SSSR count). The highest BCUT2D eigenvalue weighted by Crippen LogP contribution is 2.21. The maximum atomic E-state index is 12.0. The third-order valence-corrected chi connectivity index (χ3v) is 4.37. The summed E-state index contributed by atoms with van der Waals surface area (Å²) in [7, 11) is 1.31. The first-order valence-electron chi connectivity index (χ1n) is 7.56. The number of aromatic nitrogens is 1. The first-order valence-corrected chi connectivity index (χ1v) is 8.38. The van der Waals surface area contributed by atoms with Crippen LogP contribution in [0.15, 0.2) is 48.5 Å². The number of methoxy groups -OCH3 is 1. The van der Waals surface area contributed by atoms with Crippen LogP contribution in [-0.2, 0) is 20.9 Å². The fourth-order valence-electron chi connectivity index (χ4n) is 2.25. The van der Waals surface area contributed by atoms with Crippen LogP contribution in [-0.4, -0.2) is 30.6 Å². The van der Waals surface area contributed by atoms with Gasteiger partial charge in [0.1, 0.15) is 11.6 Å². The van der Waals surface area contributed by atoms with Crippen LogP contribution >= 0.6 is 11.3 Å². The van der Waals surface area contributed by atoms with E-state index < -0.39 is 5.97 Å². The lowest BCUT2D eigenvalue weighted by Gasteiger charge is -2.07. The van der Waals surface area contributed by atoms with E-state index in [4.69, 9.17) is 4.74 Å². The van der Waals surface area contributed by atoms with E-state index in [1.54, 1.807) is 35.6 Å². The monoisotopic (exact) mass is 356 g/mol. The predicted octanol–water partition coefficient (Wildman–Crippen LogP) is 3.24. The summed E-state index contributed by atoms with van der Waals surface area (Å²) in [4.78, 5) is 27.9. The van der Waals surface area contributed by atoms with E-state index in [1.165, 1.54) is 7.11 Å². The Bertz CT molecular complexity index is 874. The number of carbonyl (C=O) groups excluding carboxylic acids is 2. The number of nitrogens with zero attached hydrogens (tertiary/aromatic N) is 1. The van der Waals surface area contributed by atoms with Gasteiger partial charge in [-0.25, -0.2) is 9.78 Å². The van der Waals surface area contributed by atoms with E-state index in [0.29, 0.717) is 11.3 Å². The van der Waals surface area contributed by atoms with Gasteiger partial charge in [-0.2, -0.15) is 0 Å². The molecule has 1 amide bonds. The van der Waals surface area contributed by atoms with Crippen LogP contribution in [0.2, 0.25) is 0 Å². The molecule has 3 aromatic rings. The molecule has 1 aromatic heterocycles. The van der Waals surface area contributed by atoms with Gasteiger partial charge in [0.05, 0.1) is 29.5 Å². The zero-order chi connectivity index (χ0) is 17.6. The van der Waals surface area contributed by atoms with Crippen LogP contribution in [0.25, 0.3) is 10.2 Å². The van der Waals surface area contributed by atoms with Gasteiger partial charge < -0.3 is 14.8 Å². The summed E-state index contributed by atoms with van der Waals surface area (Å²) < 4.78 is 11.2. The Morgan fingerprint density at radius 3 is 2.80 bits per heavy atom. The number of nitrogens with one attached hydrogen (secondary N) is 1. The highest BCUT2D eigenvalue weighted by atomic mass is 32.1. The molecule has 0 aliphatic heterocycles. The molecule has 0 fully saturated rings. The van der Waals surface area contributed by atoms with Crippen molar-refractivity contribution in [2.45, 2.75) is 6.61 Å². The second-order valence-electron chi connectivity index (χ2n) is 5.19. The van der Waals surface area contributed by atoms with E-state index in [-0.39, 0.29) is 19.1 Å². The van der Waals surface area contributed by atoms with E-state index in [9.17, 15) is 9.59 Å². The predicted molar refractivity (Wildman–Crippen MR) is 95.7 cm³/mol. The standard InChI is InChI=1S/C18H16N2O4S/c1-23-18(22)12-5-4-6-13(9-12)19-16(21)10-24-11-17-20-14-7-2-3-8-15(14)25-17/h2-9H,10-11H2,1H3,(H,19,21). The number of esters is 1. The summed E-state index contributed by atoms with van der Waals surface area (Å²) >= 11 is 1.54. The summed E-state index contributed by atoms with van der Waals surface area (Å²) in [6.45, 7) is 0.174. The number of anilines is 1. The van der Waals surface area contributed by atoms with Crippen LogP contribution < -0.4 is 5.32 Å². The Balaban J connectivity index is 1.52. The highest BCUT2D eigenvalue weighted by molar-refractivity contribution is 7.18. The largest absolute Gasteiger partial charge is 0.465 e. The SMILES string of the molecule is COC(=O)c1cccc(NC(=O)COCc2nc3ccccc3s2)c1. The van der Waals surface area contributed by atoms with E-state index in [1.807, 2.05) is 24.3 Å². The number of hydrogen-bond donors (Lipinski definition) is 1. The van der Waals surface area contributed by atoms with Gasteiger partial charge in [0.2, 0.25) is 5.91 Å². The van der Waals surface area contributed by atoms with Crippen molar-refractivity contribution < 1.29 is 19.1 Å². The normalized spacial score (nSPS) is 10.6. The number of amides is 1. The third kappa shape index (κ3) is 4.40. The van der Waals surface area contributed by atoms with Crippen molar-refractivity contribution in [2.24, 2.45) is 0 Å². The molecule has 6 nitrogen and oxygen atoms in total. The number of thiazole rings is 1. The van der Waals surface area contributed by atoms with Crippen molar-refractivity contribution in [1.29, 1.82) is 0 Å². The van der Waals surface area contributed by atoms with Crippen molar-refractivity contribution >= 4 is 39.1 Å². The molecule has 0 bridgehead atoms. The lowest BCUT2D eigenvalue weighted by atomic mass is 10.2. The summed E-state index contributed by atoms with van der Waals surface area (Å²) in [6.07, 6.45) is 0. The van der Waals surface area contributed by atoms with Gasteiger partial charge in [-0.05, 0) is 30.3 Å². The molecule has 0 radical (unpaired) electrons. The zero-order valence-corrected chi connectivity index (χ0v) is 14.3. The number of benzene rings is 2. The van der Waals surface area contributed by atoms with Crippen LogP contribution in [0.3, 0.4) is 0 Å². The van der Waals surface area contributed by atoms with Crippen LogP contribution in [0, 0.1) is 0 Å². The number of fused-ring (bicyclic) bond motifs is 1. The Morgan fingerprint density at radius 2 is 2.00 bits per heavy atom. The summed E-state index contributed by atoms with van der Waals surface area (Å²) in [5, 5.41) is 3.51. The lowest BCUT2D eigenvalue weighted by Crippen LogP contribution is -2.18. The lowest BCUT2D eigenvalue weighted by molar-refractivity contribution is -0.121. The Labute approximate surface area is 148 Å². The number of ether oxygens (including phenoxy) is 2. The van der Waals surface area contributed by atoms with Gasteiger partial charge in [-0.15, -0.1) is 11.3 Å². The van der Waals surface area contributed by atoms with E-state index in [2.05, 4.69) is 15.0 Å². The molecule has 0 spiro atoms. The molecular weight excluding hydrogens is 340 g/mol. The minimum absolute atomic E-state index is 0.0988. The summed E-state index contributed by atoms with van der Waals surface area (Å²) in [5.41, 5.74) is 1.81. The molecule has 0 saturated heterocycles. The molecule has 2 aromatic carbocycles. The molecule has 0 aliphatic rings. The molecule has 0 atom stereocenters. The van der Waals surface area contributed by atoms with Gasteiger partial charge in [0.15, 0.2) is 0 Å². The van der Waals surface area contributed by atoms with E-state index in [0.717, 1.165) is 15.2 Å². The van der Waals surface area contributed by atoms with Gasteiger partial charge >= 0.3 is 5.97 Å². The average molecular weight is 356 g/mol. The number of hydrogen-bond acceptors (Lipinski definition) is 6. The Kier molecular flexibility index (Phi) is 5.37. The fraction of sp³-hybridized carbons (Fsp3) is 0.167. The van der Waals surface area contributed by atoms with Crippen molar-refractivity contribution in [1.82, 2.24) is 4.98 Å². The minimum atomic E-state index is -0.455. The average Bonchev–Trinajstić information content (AvgIpc) is 3.04. The molecule has 0 aliphatic carbocycles. The molecule has 0 saturated carbocycles. The molecule has 128 valence electrons. The topological polar surface area (TPSA) is 77.5 Å². The van der Waals surface area contributed by atoms with Gasteiger partial charge in [0, 0.05) is 5.69 Å². The fourth-order valence-corrected chi connectivity index (χ4v) is 3.16. The minimum Gasteiger partial charge on any atom is -0.465 e. The van der Waals surface area contributed by atoms with Crippen molar-refractivity contribution in [3.8, 4) is 0 Å². The summed E-state index contributed by atoms with van der Waals surface area (Å²) in [5.74, 6) is -0.758. The number of rotatable bonds is 6. The maximum absolute atomic E-state index is 12.0. The molecule has 7 heteroatoms. The quantitative estimate of drug-likeness (QED) is 0.686. The van der Waals surface area contributed by atoms with Crippen LogP contribution in [0.4, 0.5) is 5.69 Å². The van der Waals surface area contributed by atoms with Crippen molar-refractivity contribution in [2.75, 3.05) is 19.0 Å². The first-order chi connectivity index (χ1) is 12.2. The van der Waals surface area contributed by atoms with Crippen molar-refractivity contribution in [3.63, 3.8) is 0 Å². The van der Waals surface area contributed by atoms with E-state index >= 15 is 0 Å². The Morgan fingerprint density at radius 1 is 1.16 bits per heavy atom. The van der Waals surface area contributed by atoms with Crippen LogP contribution in [0.1, 0.15) is 15.4 Å². The molecular formula is C18H16N2O4S. The second-order valence-corrected chi connectivity index (χ2v) is 6.30. The van der Waals surface area contributed by atoms with Crippen molar-refractivity contribution in [3.05, 3.63) is 59.1 Å². The molecule has 0 unspecified atom stereocenters. The van der Waals surface area contributed by atoms with Gasteiger partial charge in [0.25, 0.3) is 0 Å². The smallest absolute Gasteiger partial charge is 0.337 e. The third-order valence-electron chi connectivity index (χ3n) is 3.36. The zero-order valence-electron chi connectivity index (χ0n) is 13.5. The molecule has 1 heterocycles. The molecule has 25 heavy (non-hydrogen) atoms. The van der Waals surface area contributed by atoms with Gasteiger partial charge in [-0.3, -0.25) is 4.79 Å². The Hall–Kier alpha value is -2.77. The second kappa shape index (κ2) is 7.87.